The molecular weight excluding hydrogens is 639 g/mol. The molecule has 1 spiro atoms. The third-order valence-corrected chi connectivity index (χ3v) is 12.6. The fourth-order valence-electron chi connectivity index (χ4n) is 10.2. The molecule has 1 nitrogen and oxygen atoms in total. The van der Waals surface area contributed by atoms with Crippen LogP contribution in [0.5, 0.6) is 0 Å². The Balaban J connectivity index is 1.17. The highest BCUT2D eigenvalue weighted by Gasteiger charge is 2.51. The molecule has 4 aliphatic carbocycles. The van der Waals surface area contributed by atoms with Gasteiger partial charge in [-0.3, -0.25) is 0 Å². The number of fused-ring (bicyclic) bond motifs is 13. The van der Waals surface area contributed by atoms with E-state index in [9.17, 15) is 0 Å². The second kappa shape index (κ2) is 11.2. The molecule has 0 aliphatic heterocycles. The van der Waals surface area contributed by atoms with Crippen LogP contribution in [0.4, 0.5) is 17.1 Å². The maximum absolute atomic E-state index is 2.51. The maximum atomic E-state index is 2.51. The lowest BCUT2D eigenvalue weighted by Crippen LogP contribution is -2.26. The Morgan fingerprint density at radius 3 is 1.60 bits per heavy atom. The minimum atomic E-state index is -0.400. The van der Waals surface area contributed by atoms with Crippen molar-refractivity contribution in [3.63, 3.8) is 0 Å². The van der Waals surface area contributed by atoms with Gasteiger partial charge < -0.3 is 4.90 Å². The van der Waals surface area contributed by atoms with E-state index in [0.717, 1.165) is 18.5 Å². The van der Waals surface area contributed by atoms with E-state index in [1.165, 1.54) is 89.3 Å². The normalized spacial score (nSPS) is 15.9. The summed E-state index contributed by atoms with van der Waals surface area (Å²) in [6.45, 7) is 4.72. The van der Waals surface area contributed by atoms with Crippen molar-refractivity contribution in [2.75, 3.05) is 4.90 Å². The molecular formula is C52H39N. The Morgan fingerprint density at radius 2 is 0.962 bits per heavy atom. The minimum absolute atomic E-state index is 0.0504. The average Bonchev–Trinajstić information content (AvgIpc) is 3.77. The topological polar surface area (TPSA) is 3.24 Å². The Hall–Kier alpha value is -6.18. The number of rotatable bonds is 4. The molecule has 0 unspecified atom stereocenters. The van der Waals surface area contributed by atoms with Gasteiger partial charge in [-0.25, -0.2) is 0 Å². The van der Waals surface area contributed by atoms with Crippen LogP contribution in [0.3, 0.4) is 0 Å². The number of anilines is 3. The molecule has 0 heterocycles. The van der Waals surface area contributed by atoms with Gasteiger partial charge in [-0.15, -0.1) is 0 Å². The summed E-state index contributed by atoms with van der Waals surface area (Å²) >= 11 is 0. The van der Waals surface area contributed by atoms with Crippen LogP contribution in [-0.2, 0) is 10.8 Å². The van der Waals surface area contributed by atoms with Crippen LogP contribution in [0, 0.1) is 0 Å². The van der Waals surface area contributed by atoms with Gasteiger partial charge in [0.1, 0.15) is 0 Å². The van der Waals surface area contributed by atoms with E-state index in [-0.39, 0.29) is 5.41 Å². The van der Waals surface area contributed by atoms with Crippen LogP contribution in [0.1, 0.15) is 65.6 Å². The van der Waals surface area contributed by atoms with Gasteiger partial charge in [-0.2, -0.15) is 0 Å². The number of nitrogens with zero attached hydrogens (tertiary/aromatic N) is 1. The molecule has 0 saturated carbocycles. The van der Waals surface area contributed by atoms with Gasteiger partial charge in [0, 0.05) is 22.5 Å². The number of allylic oxidation sites excluding steroid dienone is 4. The van der Waals surface area contributed by atoms with Crippen LogP contribution >= 0.6 is 0 Å². The smallest absolute Gasteiger partial charge is 0.0726 e. The summed E-state index contributed by atoms with van der Waals surface area (Å²) in [4.78, 5) is 2.50. The minimum Gasteiger partial charge on any atom is -0.310 e. The number of hydrogen-bond donors (Lipinski definition) is 0. The second-order valence-electron chi connectivity index (χ2n) is 15.6. The molecule has 7 aromatic rings. The highest BCUT2D eigenvalue weighted by Crippen LogP contribution is 2.63. The first-order chi connectivity index (χ1) is 26.0. The molecule has 0 saturated heterocycles. The van der Waals surface area contributed by atoms with Crippen molar-refractivity contribution in [3.05, 3.63) is 215 Å². The first kappa shape index (κ1) is 30.4. The van der Waals surface area contributed by atoms with E-state index < -0.39 is 5.41 Å². The van der Waals surface area contributed by atoms with Crippen molar-refractivity contribution >= 4 is 22.6 Å². The lowest BCUT2D eigenvalue weighted by atomic mass is 9.70. The molecule has 0 aromatic heterocycles. The predicted molar refractivity (Wildman–Crippen MR) is 221 cm³/mol. The Bertz CT molecular complexity index is 2660. The van der Waals surface area contributed by atoms with Gasteiger partial charge in [-0.1, -0.05) is 153 Å². The average molecular weight is 678 g/mol. The quantitative estimate of drug-likeness (QED) is 0.179. The Labute approximate surface area is 312 Å². The summed E-state index contributed by atoms with van der Waals surface area (Å²) in [5, 5.41) is 0. The zero-order valence-electron chi connectivity index (χ0n) is 30.1. The zero-order valence-corrected chi connectivity index (χ0v) is 30.1. The van der Waals surface area contributed by atoms with Crippen molar-refractivity contribution in [2.45, 2.75) is 37.5 Å². The molecule has 0 radical (unpaired) electrons. The van der Waals surface area contributed by atoms with Crippen LogP contribution in [0.15, 0.2) is 176 Å². The number of hydrogen-bond acceptors (Lipinski definition) is 1. The molecule has 4 aliphatic rings. The van der Waals surface area contributed by atoms with Gasteiger partial charge in [0.25, 0.3) is 0 Å². The standard InChI is InChI=1S/C52H39N/c1-51(2)45-23-10-6-22-42(45)44-32-37(28-30-46(44)51)53(36-18-14-17-35(31-36)34-15-4-3-5-16-34)38-27-29-43-41-21-9-13-26-49(41)52(50(43)33-38)47-24-11-7-19-39(47)40-20-8-12-25-48(40)52/h3-4,6-15,17-33H,5,16H2,1-2H3. The summed E-state index contributed by atoms with van der Waals surface area (Å²) in [6, 6.07) is 59.8. The molecule has 0 N–H and O–H groups in total. The fraction of sp³-hybridized carbons (Fsp3) is 0.115. The van der Waals surface area contributed by atoms with Crippen molar-refractivity contribution in [3.8, 4) is 33.4 Å². The van der Waals surface area contributed by atoms with E-state index in [0.29, 0.717) is 0 Å². The lowest BCUT2D eigenvalue weighted by Gasteiger charge is -2.32. The molecule has 0 fully saturated rings. The van der Waals surface area contributed by atoms with Crippen molar-refractivity contribution in [1.82, 2.24) is 0 Å². The first-order valence-corrected chi connectivity index (χ1v) is 19.0. The summed E-state index contributed by atoms with van der Waals surface area (Å²) in [5.74, 6) is 0. The molecule has 53 heavy (non-hydrogen) atoms. The third kappa shape index (κ3) is 4.14. The molecule has 7 aromatic carbocycles. The van der Waals surface area contributed by atoms with E-state index in [2.05, 4.69) is 195 Å². The molecule has 0 bridgehead atoms. The molecule has 1 heteroatoms. The molecule has 0 amide bonds. The highest BCUT2D eigenvalue weighted by atomic mass is 15.1. The van der Waals surface area contributed by atoms with E-state index in [1.54, 1.807) is 0 Å². The summed E-state index contributed by atoms with van der Waals surface area (Å²) in [6.07, 6.45) is 8.89. The van der Waals surface area contributed by atoms with E-state index >= 15 is 0 Å². The predicted octanol–water partition coefficient (Wildman–Crippen LogP) is 13.5. The van der Waals surface area contributed by atoms with E-state index in [4.69, 9.17) is 0 Å². The van der Waals surface area contributed by atoms with Gasteiger partial charge in [0.2, 0.25) is 0 Å². The highest BCUT2D eigenvalue weighted by molar-refractivity contribution is 5.97. The van der Waals surface area contributed by atoms with Crippen molar-refractivity contribution < 1.29 is 0 Å². The fourth-order valence-corrected chi connectivity index (χ4v) is 10.2. The van der Waals surface area contributed by atoms with Crippen molar-refractivity contribution in [1.29, 1.82) is 0 Å². The molecule has 11 rings (SSSR count). The van der Waals surface area contributed by atoms with Crippen LogP contribution in [0.25, 0.3) is 39.0 Å². The lowest BCUT2D eigenvalue weighted by molar-refractivity contribution is 0.660. The van der Waals surface area contributed by atoms with Gasteiger partial charge in [0.05, 0.1) is 5.41 Å². The Morgan fingerprint density at radius 1 is 0.434 bits per heavy atom. The summed E-state index contributed by atoms with van der Waals surface area (Å²) in [7, 11) is 0. The first-order valence-electron chi connectivity index (χ1n) is 19.0. The number of benzene rings is 7. The third-order valence-electron chi connectivity index (χ3n) is 12.6. The van der Waals surface area contributed by atoms with Crippen molar-refractivity contribution in [2.24, 2.45) is 0 Å². The summed E-state index contributed by atoms with van der Waals surface area (Å²) < 4.78 is 0. The van der Waals surface area contributed by atoms with E-state index in [1.807, 2.05) is 0 Å². The van der Waals surface area contributed by atoms with Gasteiger partial charge >= 0.3 is 0 Å². The Kier molecular flexibility index (Phi) is 6.41. The molecule has 252 valence electrons. The van der Waals surface area contributed by atoms with Crippen LogP contribution < -0.4 is 4.90 Å². The SMILES string of the molecule is CC1(C)c2ccccc2-c2cc(N(c3cccc(C4=CC=CCC4)c3)c3ccc4c(c3)C3(c5ccccc5-c5ccccc53)c3ccccc3-4)ccc21. The van der Waals surface area contributed by atoms with Crippen LogP contribution in [-0.4, -0.2) is 0 Å². The monoisotopic (exact) mass is 677 g/mol. The van der Waals surface area contributed by atoms with Crippen LogP contribution in [0.2, 0.25) is 0 Å². The van der Waals surface area contributed by atoms with Gasteiger partial charge in [0.15, 0.2) is 0 Å². The largest absolute Gasteiger partial charge is 0.310 e. The molecule has 0 atom stereocenters. The zero-order chi connectivity index (χ0) is 35.3. The van der Waals surface area contributed by atoms with Gasteiger partial charge in [-0.05, 0) is 127 Å². The maximum Gasteiger partial charge on any atom is 0.0726 e. The summed E-state index contributed by atoms with van der Waals surface area (Å²) in [5.41, 5.74) is 21.9. The second-order valence-corrected chi connectivity index (χ2v) is 15.6.